The maximum absolute atomic E-state index is 14.4. The van der Waals surface area contributed by atoms with Gasteiger partial charge in [0.25, 0.3) is 0 Å². The lowest BCUT2D eigenvalue weighted by atomic mass is 9.77. The Kier molecular flexibility index (Phi) is 6.68. The number of rotatable bonds is 3. The molecule has 170 valence electrons. The van der Waals surface area contributed by atoms with Gasteiger partial charge in [-0.1, -0.05) is 6.92 Å². The highest BCUT2D eigenvalue weighted by Gasteiger charge is 2.46. The third-order valence-electron chi connectivity index (χ3n) is 8.23. The molecule has 2 N–H and O–H groups in total. The smallest absolute Gasteiger partial charge is 0.237 e. The first-order chi connectivity index (χ1) is 14.3. The van der Waals surface area contributed by atoms with E-state index in [-0.39, 0.29) is 41.9 Å². The number of fused-ring (bicyclic) bond motifs is 1. The predicted octanol–water partition coefficient (Wildman–Crippen LogP) is 2.08. The summed E-state index contributed by atoms with van der Waals surface area (Å²) in [6.07, 6.45) is 5.67. The average molecular weight is 423 g/mol. The number of nitrogens with zero attached hydrogens (tertiary/aromatic N) is 2. The lowest BCUT2D eigenvalue weighted by Gasteiger charge is -2.45. The Morgan fingerprint density at radius 1 is 1.07 bits per heavy atom. The molecule has 4 fully saturated rings. The van der Waals surface area contributed by atoms with Crippen LogP contribution in [0.3, 0.4) is 0 Å². The molecular formula is C23H39FN4O2. The van der Waals surface area contributed by atoms with Gasteiger partial charge in [0, 0.05) is 56.6 Å². The number of carbonyl (C=O) groups excluding carboxylic acids is 2. The molecule has 4 aliphatic rings. The minimum absolute atomic E-state index is 0.0114. The number of carbonyl (C=O) groups is 2. The number of piperazine rings is 1. The van der Waals surface area contributed by atoms with Gasteiger partial charge in [0.05, 0.1) is 6.04 Å². The molecule has 0 bridgehead atoms. The summed E-state index contributed by atoms with van der Waals surface area (Å²) in [5, 5.41) is 6.75. The van der Waals surface area contributed by atoms with Crippen LogP contribution >= 0.6 is 0 Å². The molecule has 7 heteroatoms. The largest absolute Gasteiger partial charge is 0.352 e. The Hall–Kier alpha value is -1.21. The SMILES string of the molecule is CC(=O)N1CCN([C@@H]2CCC[C@@H](NC(=O)C3CC4C(F)CCC(C)C4N3)C2)CC1C. The van der Waals surface area contributed by atoms with Crippen LogP contribution in [0.2, 0.25) is 0 Å². The fourth-order valence-corrected chi connectivity index (χ4v) is 6.51. The standard InChI is InChI=1S/C23H39FN4O2/c1-14-7-8-20(24)19-12-21(26-22(14)19)23(30)25-17-5-4-6-18(11-17)27-9-10-28(16(3)29)15(2)13-27/h14-15,17-22,26H,4-13H2,1-3H3,(H,25,30)/t14?,15?,17-,18-,19?,20?,21?,22?/m1/s1. The molecule has 0 aromatic carbocycles. The number of alkyl halides is 1. The van der Waals surface area contributed by atoms with E-state index in [1.54, 1.807) is 6.92 Å². The van der Waals surface area contributed by atoms with Crippen LogP contribution in [-0.2, 0) is 9.59 Å². The van der Waals surface area contributed by atoms with Gasteiger partial charge < -0.3 is 15.5 Å². The van der Waals surface area contributed by atoms with Crippen LogP contribution in [0, 0.1) is 11.8 Å². The van der Waals surface area contributed by atoms with Crippen molar-refractivity contribution >= 4 is 11.8 Å². The second-order valence-electron chi connectivity index (χ2n) is 10.3. The molecule has 2 saturated heterocycles. The van der Waals surface area contributed by atoms with Crippen molar-refractivity contribution in [3.8, 4) is 0 Å². The molecule has 6 unspecified atom stereocenters. The number of hydrogen-bond acceptors (Lipinski definition) is 4. The highest BCUT2D eigenvalue weighted by Crippen LogP contribution is 2.38. The third kappa shape index (κ3) is 4.52. The van der Waals surface area contributed by atoms with Crippen molar-refractivity contribution in [1.82, 2.24) is 20.4 Å². The number of nitrogens with one attached hydrogen (secondary N) is 2. The summed E-state index contributed by atoms with van der Waals surface area (Å²) in [6, 6.07) is 0.796. The molecule has 0 spiro atoms. The van der Waals surface area contributed by atoms with Crippen LogP contribution < -0.4 is 10.6 Å². The molecule has 0 radical (unpaired) electrons. The van der Waals surface area contributed by atoms with Crippen molar-refractivity contribution in [2.75, 3.05) is 19.6 Å². The van der Waals surface area contributed by atoms with E-state index in [9.17, 15) is 14.0 Å². The fourth-order valence-electron chi connectivity index (χ4n) is 6.51. The van der Waals surface area contributed by atoms with Crippen LogP contribution in [0.4, 0.5) is 4.39 Å². The Morgan fingerprint density at radius 2 is 1.87 bits per heavy atom. The normalized spacial score (nSPS) is 42.6. The highest BCUT2D eigenvalue weighted by molar-refractivity contribution is 5.82. The van der Waals surface area contributed by atoms with Crippen molar-refractivity contribution in [1.29, 1.82) is 0 Å². The van der Waals surface area contributed by atoms with Gasteiger partial charge in [0.1, 0.15) is 6.17 Å². The molecule has 0 aromatic rings. The predicted molar refractivity (Wildman–Crippen MR) is 115 cm³/mol. The summed E-state index contributed by atoms with van der Waals surface area (Å²) < 4.78 is 14.4. The third-order valence-corrected chi connectivity index (χ3v) is 8.23. The molecule has 2 heterocycles. The number of amides is 2. The van der Waals surface area contributed by atoms with E-state index >= 15 is 0 Å². The van der Waals surface area contributed by atoms with E-state index < -0.39 is 6.17 Å². The van der Waals surface area contributed by atoms with Gasteiger partial charge in [-0.3, -0.25) is 14.5 Å². The van der Waals surface area contributed by atoms with Crippen molar-refractivity contribution in [2.45, 2.75) is 102 Å². The molecule has 4 rings (SSSR count). The van der Waals surface area contributed by atoms with Crippen LogP contribution in [0.15, 0.2) is 0 Å². The van der Waals surface area contributed by atoms with Gasteiger partial charge in [-0.15, -0.1) is 0 Å². The van der Waals surface area contributed by atoms with Crippen molar-refractivity contribution in [3.63, 3.8) is 0 Å². The molecule has 2 aliphatic carbocycles. The van der Waals surface area contributed by atoms with Crippen molar-refractivity contribution < 1.29 is 14.0 Å². The zero-order valence-corrected chi connectivity index (χ0v) is 18.8. The van der Waals surface area contributed by atoms with E-state index in [0.717, 1.165) is 51.7 Å². The maximum atomic E-state index is 14.4. The van der Waals surface area contributed by atoms with Crippen LogP contribution in [0.5, 0.6) is 0 Å². The van der Waals surface area contributed by atoms with E-state index in [4.69, 9.17) is 0 Å². The van der Waals surface area contributed by atoms with Gasteiger partial charge in [-0.25, -0.2) is 4.39 Å². The highest BCUT2D eigenvalue weighted by atomic mass is 19.1. The van der Waals surface area contributed by atoms with Gasteiger partial charge in [-0.2, -0.15) is 0 Å². The van der Waals surface area contributed by atoms with Crippen LogP contribution in [0.1, 0.15) is 65.7 Å². The molecule has 2 amide bonds. The first kappa shape index (κ1) is 22.0. The second kappa shape index (κ2) is 9.11. The monoisotopic (exact) mass is 422 g/mol. The Balaban J connectivity index is 1.29. The fraction of sp³-hybridized carbons (Fsp3) is 0.913. The molecule has 8 atom stereocenters. The van der Waals surface area contributed by atoms with Crippen LogP contribution in [0.25, 0.3) is 0 Å². The molecule has 6 nitrogen and oxygen atoms in total. The summed E-state index contributed by atoms with van der Waals surface area (Å²) >= 11 is 0. The molecule has 0 aromatic heterocycles. The summed E-state index contributed by atoms with van der Waals surface area (Å²) in [6.45, 7) is 8.57. The lowest BCUT2D eigenvalue weighted by Crippen LogP contribution is -2.58. The van der Waals surface area contributed by atoms with E-state index in [1.807, 2.05) is 4.90 Å². The molecular weight excluding hydrogens is 383 g/mol. The lowest BCUT2D eigenvalue weighted by molar-refractivity contribution is -0.134. The zero-order chi connectivity index (χ0) is 21.4. The number of halogens is 1. The zero-order valence-electron chi connectivity index (χ0n) is 18.8. The van der Waals surface area contributed by atoms with E-state index in [0.29, 0.717) is 24.8 Å². The first-order valence-electron chi connectivity index (χ1n) is 12.0. The molecule has 2 saturated carbocycles. The van der Waals surface area contributed by atoms with Crippen molar-refractivity contribution in [3.05, 3.63) is 0 Å². The topological polar surface area (TPSA) is 64.7 Å². The number of hydrogen-bond donors (Lipinski definition) is 2. The van der Waals surface area contributed by atoms with Gasteiger partial charge in [-0.05, 0) is 57.8 Å². The van der Waals surface area contributed by atoms with Gasteiger partial charge in [0.15, 0.2) is 0 Å². The van der Waals surface area contributed by atoms with Crippen molar-refractivity contribution in [2.24, 2.45) is 11.8 Å². The average Bonchev–Trinajstić information content (AvgIpc) is 3.18. The minimum Gasteiger partial charge on any atom is -0.352 e. The second-order valence-corrected chi connectivity index (χ2v) is 10.3. The van der Waals surface area contributed by atoms with E-state index in [2.05, 4.69) is 29.4 Å². The summed E-state index contributed by atoms with van der Waals surface area (Å²) in [5.74, 6) is 0.645. The Bertz CT molecular complexity index is 629. The Labute approximate surface area is 180 Å². The summed E-state index contributed by atoms with van der Waals surface area (Å²) in [7, 11) is 0. The summed E-state index contributed by atoms with van der Waals surface area (Å²) in [5.41, 5.74) is 0. The van der Waals surface area contributed by atoms with E-state index in [1.165, 1.54) is 0 Å². The molecule has 30 heavy (non-hydrogen) atoms. The van der Waals surface area contributed by atoms with Gasteiger partial charge in [0.2, 0.25) is 11.8 Å². The minimum atomic E-state index is -0.772. The first-order valence-corrected chi connectivity index (χ1v) is 12.0. The maximum Gasteiger partial charge on any atom is 0.237 e. The summed E-state index contributed by atoms with van der Waals surface area (Å²) in [4.78, 5) is 29.2. The van der Waals surface area contributed by atoms with Crippen LogP contribution in [-0.4, -0.2) is 77.6 Å². The molecule has 2 aliphatic heterocycles. The quantitative estimate of drug-likeness (QED) is 0.731. The Morgan fingerprint density at radius 3 is 2.57 bits per heavy atom. The van der Waals surface area contributed by atoms with Gasteiger partial charge >= 0.3 is 0 Å².